The zero-order chi connectivity index (χ0) is 14.9. The maximum atomic E-state index is 13.9. The fraction of sp³-hybridized carbons (Fsp3) is 0.333. The minimum atomic E-state index is -2.47. The van der Waals surface area contributed by atoms with E-state index in [1.54, 1.807) is 0 Å². The van der Waals surface area contributed by atoms with Crippen LogP contribution in [0.2, 0.25) is 0 Å². The molecule has 1 aliphatic heterocycles. The first kappa shape index (κ1) is 14.6. The van der Waals surface area contributed by atoms with Gasteiger partial charge in [-0.1, -0.05) is 60.7 Å². The number of hydrogen-bond donors (Lipinski definition) is 0. The third-order valence-electron chi connectivity index (χ3n) is 4.60. The molecular formula is C18H22NOP. The van der Waals surface area contributed by atoms with E-state index < -0.39 is 7.29 Å². The molecule has 0 aliphatic carbocycles. The standard InChI is InChI=1S/C18H22NOP/c1-19(2)21(20)17(15-9-5-3-6-10-15)13-14-18(21)16-11-7-4-8-12-16/h3-12,17-18H,13-14H2,1-2H3/t17-,18+,21?. The lowest BCUT2D eigenvalue weighted by atomic mass is 10.0. The number of rotatable bonds is 3. The molecule has 3 rings (SSSR count). The smallest absolute Gasteiger partial charge is 0.164 e. The fourth-order valence-electron chi connectivity index (χ4n) is 3.57. The van der Waals surface area contributed by atoms with E-state index in [4.69, 9.17) is 0 Å². The fourth-order valence-corrected chi connectivity index (χ4v) is 7.36. The summed E-state index contributed by atoms with van der Waals surface area (Å²) in [5.41, 5.74) is 2.73. The van der Waals surface area contributed by atoms with Crippen LogP contribution < -0.4 is 0 Å². The van der Waals surface area contributed by atoms with Crippen molar-refractivity contribution in [3.8, 4) is 0 Å². The summed E-state index contributed by atoms with van der Waals surface area (Å²) in [6, 6.07) is 20.7. The van der Waals surface area contributed by atoms with E-state index in [0.717, 1.165) is 12.8 Å². The SMILES string of the molecule is CN(C)P1(=O)[C@@H](c2ccccc2)CC[C@H]1c1ccccc1. The summed E-state index contributed by atoms with van der Waals surface area (Å²) in [4.78, 5) is 0. The Morgan fingerprint density at radius 2 is 1.19 bits per heavy atom. The first-order valence-corrected chi connectivity index (χ1v) is 9.31. The number of hydrogen-bond acceptors (Lipinski definition) is 1. The summed E-state index contributed by atoms with van der Waals surface area (Å²) in [6.45, 7) is 0. The normalized spacial score (nSPS) is 28.9. The Labute approximate surface area is 127 Å². The van der Waals surface area contributed by atoms with E-state index in [0.29, 0.717) is 0 Å². The molecule has 0 aromatic heterocycles. The van der Waals surface area contributed by atoms with Gasteiger partial charge in [0.25, 0.3) is 0 Å². The summed E-state index contributed by atoms with van der Waals surface area (Å²) in [7, 11) is 1.47. The van der Waals surface area contributed by atoms with Gasteiger partial charge in [-0.2, -0.15) is 0 Å². The minimum absolute atomic E-state index is 0.152. The molecule has 1 fully saturated rings. The summed E-state index contributed by atoms with van der Waals surface area (Å²) in [6.07, 6.45) is 2.00. The van der Waals surface area contributed by atoms with E-state index >= 15 is 0 Å². The lowest BCUT2D eigenvalue weighted by Gasteiger charge is -2.32. The Hall–Kier alpha value is -1.37. The van der Waals surface area contributed by atoms with E-state index in [9.17, 15) is 4.57 Å². The molecule has 2 aromatic rings. The molecule has 110 valence electrons. The van der Waals surface area contributed by atoms with Gasteiger partial charge >= 0.3 is 0 Å². The van der Waals surface area contributed by atoms with Crippen molar-refractivity contribution in [2.75, 3.05) is 14.1 Å². The van der Waals surface area contributed by atoms with Crippen molar-refractivity contribution in [2.24, 2.45) is 0 Å². The van der Waals surface area contributed by atoms with Gasteiger partial charge in [0, 0.05) is 0 Å². The summed E-state index contributed by atoms with van der Waals surface area (Å²) in [5.74, 6) is 0. The molecule has 1 aliphatic rings. The van der Waals surface area contributed by atoms with Crippen LogP contribution in [0.1, 0.15) is 35.3 Å². The average molecular weight is 299 g/mol. The molecule has 21 heavy (non-hydrogen) atoms. The molecule has 0 bridgehead atoms. The largest absolute Gasteiger partial charge is 0.305 e. The molecule has 1 heterocycles. The molecule has 0 N–H and O–H groups in total. The van der Waals surface area contributed by atoms with Crippen LogP contribution in [-0.4, -0.2) is 18.8 Å². The molecule has 1 saturated heterocycles. The lowest BCUT2D eigenvalue weighted by molar-refractivity contribution is 0.502. The van der Waals surface area contributed by atoms with Crippen molar-refractivity contribution in [1.82, 2.24) is 4.67 Å². The quantitative estimate of drug-likeness (QED) is 0.735. The monoisotopic (exact) mass is 299 g/mol. The second-order valence-electron chi connectivity index (χ2n) is 5.95. The van der Waals surface area contributed by atoms with Crippen molar-refractivity contribution in [3.63, 3.8) is 0 Å². The Bertz CT molecular complexity index is 587. The van der Waals surface area contributed by atoms with E-state index in [-0.39, 0.29) is 11.3 Å². The summed E-state index contributed by atoms with van der Waals surface area (Å²) < 4.78 is 15.9. The zero-order valence-corrected chi connectivity index (χ0v) is 13.5. The maximum absolute atomic E-state index is 13.9. The molecule has 0 amide bonds. The van der Waals surface area contributed by atoms with E-state index in [1.165, 1.54) is 11.1 Å². The highest BCUT2D eigenvalue weighted by molar-refractivity contribution is 7.62. The highest BCUT2D eigenvalue weighted by Gasteiger charge is 2.48. The highest BCUT2D eigenvalue weighted by atomic mass is 31.2. The third-order valence-corrected chi connectivity index (χ3v) is 8.75. The van der Waals surface area contributed by atoms with Gasteiger partial charge in [0.2, 0.25) is 0 Å². The van der Waals surface area contributed by atoms with Gasteiger partial charge in [0.15, 0.2) is 7.29 Å². The van der Waals surface area contributed by atoms with Crippen LogP contribution in [0, 0.1) is 0 Å². The molecule has 0 saturated carbocycles. The summed E-state index contributed by atoms with van der Waals surface area (Å²) >= 11 is 0. The van der Waals surface area contributed by atoms with Crippen molar-refractivity contribution in [1.29, 1.82) is 0 Å². The third kappa shape index (κ3) is 2.47. The first-order chi connectivity index (χ1) is 10.1. The van der Waals surface area contributed by atoms with Crippen molar-refractivity contribution < 1.29 is 4.57 Å². The van der Waals surface area contributed by atoms with Gasteiger partial charge in [0.05, 0.1) is 11.3 Å². The molecule has 2 aromatic carbocycles. The zero-order valence-electron chi connectivity index (χ0n) is 12.6. The summed E-state index contributed by atoms with van der Waals surface area (Å²) in [5, 5.41) is 0. The van der Waals surface area contributed by atoms with Crippen molar-refractivity contribution >= 4 is 7.29 Å². The number of nitrogens with zero attached hydrogens (tertiary/aromatic N) is 1. The highest BCUT2D eigenvalue weighted by Crippen LogP contribution is 2.77. The van der Waals surface area contributed by atoms with Crippen LogP contribution >= 0.6 is 7.29 Å². The number of benzene rings is 2. The predicted octanol–water partition coefficient (Wildman–Crippen LogP) is 5.10. The van der Waals surface area contributed by atoms with Crippen LogP contribution in [0.5, 0.6) is 0 Å². The Kier molecular flexibility index (Phi) is 4.01. The molecule has 0 radical (unpaired) electrons. The second-order valence-corrected chi connectivity index (χ2v) is 9.34. The Morgan fingerprint density at radius 3 is 1.52 bits per heavy atom. The van der Waals surface area contributed by atoms with Crippen LogP contribution in [-0.2, 0) is 4.57 Å². The molecule has 3 heteroatoms. The molecule has 3 atom stereocenters. The van der Waals surface area contributed by atoms with E-state index in [2.05, 4.69) is 24.3 Å². The second kappa shape index (κ2) is 5.79. The van der Waals surface area contributed by atoms with Gasteiger partial charge in [-0.15, -0.1) is 0 Å². The van der Waals surface area contributed by atoms with Crippen LogP contribution in [0.25, 0.3) is 0 Å². The first-order valence-electron chi connectivity index (χ1n) is 7.51. The average Bonchev–Trinajstić information content (AvgIpc) is 2.88. The van der Waals surface area contributed by atoms with Crippen LogP contribution in [0.3, 0.4) is 0 Å². The molecular weight excluding hydrogens is 277 g/mol. The molecule has 2 nitrogen and oxygen atoms in total. The van der Waals surface area contributed by atoms with Gasteiger partial charge in [-0.3, -0.25) is 4.67 Å². The topological polar surface area (TPSA) is 20.3 Å². The molecule has 1 unspecified atom stereocenters. The van der Waals surface area contributed by atoms with Gasteiger partial charge in [0.1, 0.15) is 0 Å². The predicted molar refractivity (Wildman–Crippen MR) is 88.9 cm³/mol. The van der Waals surface area contributed by atoms with Crippen molar-refractivity contribution in [3.05, 3.63) is 71.8 Å². The van der Waals surface area contributed by atoms with Gasteiger partial charge < -0.3 is 4.57 Å². The Balaban J connectivity index is 2.04. The van der Waals surface area contributed by atoms with Gasteiger partial charge in [-0.05, 0) is 38.1 Å². The maximum Gasteiger partial charge on any atom is 0.164 e. The van der Waals surface area contributed by atoms with Crippen molar-refractivity contribution in [2.45, 2.75) is 24.2 Å². The van der Waals surface area contributed by atoms with Crippen LogP contribution in [0.4, 0.5) is 0 Å². The van der Waals surface area contributed by atoms with Crippen LogP contribution in [0.15, 0.2) is 60.7 Å². The lowest BCUT2D eigenvalue weighted by Crippen LogP contribution is -2.14. The van der Waals surface area contributed by atoms with E-state index in [1.807, 2.05) is 55.2 Å². The molecule has 0 spiro atoms. The Morgan fingerprint density at radius 1 is 0.810 bits per heavy atom. The minimum Gasteiger partial charge on any atom is -0.305 e. The van der Waals surface area contributed by atoms with Gasteiger partial charge in [-0.25, -0.2) is 0 Å².